The predicted octanol–water partition coefficient (Wildman–Crippen LogP) is -1.69. The lowest BCUT2D eigenvalue weighted by atomic mass is 9.86. The Morgan fingerprint density at radius 1 is 1.11 bits per heavy atom. The van der Waals surface area contributed by atoms with Gasteiger partial charge in [0.25, 0.3) is 0 Å². The van der Waals surface area contributed by atoms with Gasteiger partial charge in [0, 0.05) is 31.5 Å². The molecule has 7 N–H and O–H groups in total. The summed E-state index contributed by atoms with van der Waals surface area (Å²) in [5.74, 6) is 0. The number of hydrogen-bond acceptors (Lipinski definition) is 9. The van der Waals surface area contributed by atoms with E-state index in [1.807, 2.05) is 0 Å². The van der Waals surface area contributed by atoms with Crippen LogP contribution in [0.1, 0.15) is 38.5 Å². The number of ether oxygens (including phenoxy) is 4. The molecule has 3 fully saturated rings. The molecular formula is C18H33N3O7. The van der Waals surface area contributed by atoms with Crippen LogP contribution in [-0.2, 0) is 23.7 Å². The summed E-state index contributed by atoms with van der Waals surface area (Å²) in [6.45, 7) is 0.166. The summed E-state index contributed by atoms with van der Waals surface area (Å²) in [5.41, 5.74) is 12.0. The van der Waals surface area contributed by atoms with E-state index in [1.54, 1.807) is 0 Å². The Kier molecular flexibility index (Phi) is 8.01. The standard InChI is InChI=1S/C18H33N3O7/c19-7-15-13(24)2-4-17(27-15)28-18-12(20)5-10(21-9-23)6-14(18)26-16-3-1-11(8-22)25-16/h9-18,22,24H,1-8,19-20H2,(H,21,23)/t10?,11?,12?,13-,14?,15?,16?,17+,18+/m0/s1. The average molecular weight is 403 g/mol. The Morgan fingerprint density at radius 2 is 1.86 bits per heavy atom. The van der Waals surface area contributed by atoms with Crippen LogP contribution in [0.4, 0.5) is 0 Å². The van der Waals surface area contributed by atoms with Crippen LogP contribution < -0.4 is 16.8 Å². The molecule has 0 radical (unpaired) electrons. The highest BCUT2D eigenvalue weighted by atomic mass is 16.7. The van der Waals surface area contributed by atoms with Crippen LogP contribution in [0.3, 0.4) is 0 Å². The van der Waals surface area contributed by atoms with Gasteiger partial charge >= 0.3 is 0 Å². The van der Waals surface area contributed by atoms with Gasteiger partial charge in [0.1, 0.15) is 6.10 Å². The molecule has 2 heterocycles. The number of nitrogens with one attached hydrogen (secondary N) is 1. The zero-order chi connectivity index (χ0) is 20.1. The summed E-state index contributed by atoms with van der Waals surface area (Å²) in [5, 5.41) is 22.0. The van der Waals surface area contributed by atoms with Crippen molar-refractivity contribution in [1.82, 2.24) is 5.32 Å². The molecule has 0 aromatic heterocycles. The number of amides is 1. The number of aliphatic hydroxyl groups excluding tert-OH is 2. The Labute approximate surface area is 164 Å². The molecule has 3 rings (SSSR count). The molecule has 0 spiro atoms. The molecule has 28 heavy (non-hydrogen) atoms. The van der Waals surface area contributed by atoms with Crippen LogP contribution in [-0.4, -0.2) is 85.0 Å². The quantitative estimate of drug-likeness (QED) is 0.298. The van der Waals surface area contributed by atoms with Crippen molar-refractivity contribution in [2.75, 3.05) is 13.2 Å². The van der Waals surface area contributed by atoms with Gasteiger partial charge in [0.15, 0.2) is 12.6 Å². The summed E-state index contributed by atoms with van der Waals surface area (Å²) in [6, 6.07) is -0.476. The molecule has 10 nitrogen and oxygen atoms in total. The van der Waals surface area contributed by atoms with Crippen LogP contribution in [0.25, 0.3) is 0 Å². The number of aliphatic hydroxyl groups is 2. The maximum Gasteiger partial charge on any atom is 0.207 e. The second-order valence-electron chi connectivity index (χ2n) is 7.82. The molecule has 2 saturated heterocycles. The number of carbonyl (C=O) groups is 1. The van der Waals surface area contributed by atoms with Crippen molar-refractivity contribution in [3.63, 3.8) is 0 Å². The summed E-state index contributed by atoms with van der Waals surface area (Å²) in [4.78, 5) is 10.9. The molecule has 0 aromatic carbocycles. The molecule has 162 valence electrons. The highest BCUT2D eigenvalue weighted by molar-refractivity contribution is 5.46. The van der Waals surface area contributed by atoms with E-state index in [0.717, 1.165) is 6.42 Å². The molecule has 0 bridgehead atoms. The van der Waals surface area contributed by atoms with Gasteiger partial charge in [0.05, 0.1) is 31.0 Å². The minimum absolute atomic E-state index is 0.0436. The van der Waals surface area contributed by atoms with Gasteiger partial charge in [-0.2, -0.15) is 0 Å². The zero-order valence-electron chi connectivity index (χ0n) is 16.0. The number of nitrogens with two attached hydrogens (primary N) is 2. The number of carbonyl (C=O) groups excluding carboxylic acids is 1. The third-order valence-corrected chi connectivity index (χ3v) is 5.76. The first kappa shape index (κ1) is 21.8. The van der Waals surface area contributed by atoms with E-state index in [0.29, 0.717) is 38.5 Å². The van der Waals surface area contributed by atoms with E-state index >= 15 is 0 Å². The fourth-order valence-electron chi connectivity index (χ4n) is 4.24. The average Bonchev–Trinajstić information content (AvgIpc) is 3.13. The van der Waals surface area contributed by atoms with Gasteiger partial charge in [-0.15, -0.1) is 0 Å². The number of hydrogen-bond donors (Lipinski definition) is 5. The molecule has 2 aliphatic heterocycles. The highest BCUT2D eigenvalue weighted by Gasteiger charge is 2.42. The second kappa shape index (κ2) is 10.3. The summed E-state index contributed by atoms with van der Waals surface area (Å²) < 4.78 is 23.8. The van der Waals surface area contributed by atoms with Crippen LogP contribution in [0, 0.1) is 0 Å². The Morgan fingerprint density at radius 3 is 2.54 bits per heavy atom. The molecule has 1 saturated carbocycles. The van der Waals surface area contributed by atoms with Crippen LogP contribution in [0.15, 0.2) is 0 Å². The first-order chi connectivity index (χ1) is 13.5. The third kappa shape index (κ3) is 5.39. The van der Waals surface area contributed by atoms with Gasteiger partial charge in [-0.05, 0) is 25.7 Å². The van der Waals surface area contributed by atoms with Crippen LogP contribution >= 0.6 is 0 Å². The van der Waals surface area contributed by atoms with Crippen molar-refractivity contribution in [2.24, 2.45) is 11.5 Å². The molecule has 3 aliphatic rings. The van der Waals surface area contributed by atoms with Crippen molar-refractivity contribution in [3.8, 4) is 0 Å². The van der Waals surface area contributed by atoms with Crippen molar-refractivity contribution >= 4 is 6.41 Å². The smallest absolute Gasteiger partial charge is 0.207 e. The first-order valence-electron chi connectivity index (χ1n) is 10.1. The van der Waals surface area contributed by atoms with E-state index in [1.165, 1.54) is 0 Å². The summed E-state index contributed by atoms with van der Waals surface area (Å²) >= 11 is 0. The number of rotatable bonds is 8. The maximum absolute atomic E-state index is 10.9. The second-order valence-corrected chi connectivity index (χ2v) is 7.82. The fourth-order valence-corrected chi connectivity index (χ4v) is 4.24. The van der Waals surface area contributed by atoms with Crippen LogP contribution in [0.2, 0.25) is 0 Å². The van der Waals surface area contributed by atoms with E-state index in [4.69, 9.17) is 30.4 Å². The van der Waals surface area contributed by atoms with Crippen molar-refractivity contribution in [1.29, 1.82) is 0 Å². The highest BCUT2D eigenvalue weighted by Crippen LogP contribution is 2.31. The van der Waals surface area contributed by atoms with Crippen molar-refractivity contribution in [2.45, 2.75) is 93.7 Å². The molecule has 9 atom stereocenters. The predicted molar refractivity (Wildman–Crippen MR) is 97.9 cm³/mol. The van der Waals surface area contributed by atoms with Crippen molar-refractivity contribution in [3.05, 3.63) is 0 Å². The minimum Gasteiger partial charge on any atom is -0.394 e. The maximum atomic E-state index is 10.9. The third-order valence-electron chi connectivity index (χ3n) is 5.76. The Bertz CT molecular complexity index is 500. The van der Waals surface area contributed by atoms with Gasteiger partial charge in [-0.1, -0.05) is 0 Å². The van der Waals surface area contributed by atoms with Crippen molar-refractivity contribution < 1.29 is 34.0 Å². The lowest BCUT2D eigenvalue weighted by molar-refractivity contribution is -0.273. The largest absolute Gasteiger partial charge is 0.394 e. The van der Waals surface area contributed by atoms with Gasteiger partial charge in [0.2, 0.25) is 6.41 Å². The van der Waals surface area contributed by atoms with Gasteiger partial charge in [-0.3, -0.25) is 4.79 Å². The molecular weight excluding hydrogens is 370 g/mol. The molecule has 0 aromatic rings. The minimum atomic E-state index is -0.597. The molecule has 1 amide bonds. The SMILES string of the molecule is NCC1O[C@H](O[C@@H]2C(N)CC(NC=O)CC2OC2CCC(CO)O2)CC[C@@H]1O. The van der Waals surface area contributed by atoms with E-state index < -0.39 is 37.0 Å². The lowest BCUT2D eigenvalue weighted by Crippen LogP contribution is -2.58. The van der Waals surface area contributed by atoms with Gasteiger partial charge < -0.3 is 45.9 Å². The van der Waals surface area contributed by atoms with Gasteiger partial charge in [-0.25, -0.2) is 0 Å². The normalized spacial score (nSPS) is 44.4. The Hall–Kier alpha value is -0.850. The van der Waals surface area contributed by atoms with E-state index in [9.17, 15) is 15.0 Å². The summed E-state index contributed by atoms with van der Waals surface area (Å²) in [6.07, 6.45) is 1.16. The summed E-state index contributed by atoms with van der Waals surface area (Å²) in [7, 11) is 0. The molecule has 1 aliphatic carbocycles. The monoisotopic (exact) mass is 403 g/mol. The topological polar surface area (TPSA) is 159 Å². The molecule has 6 unspecified atom stereocenters. The van der Waals surface area contributed by atoms with E-state index in [-0.39, 0.29) is 31.3 Å². The Balaban J connectivity index is 1.64. The first-order valence-corrected chi connectivity index (χ1v) is 10.1. The fraction of sp³-hybridized carbons (Fsp3) is 0.944. The van der Waals surface area contributed by atoms with Crippen LogP contribution in [0.5, 0.6) is 0 Å². The van der Waals surface area contributed by atoms with E-state index in [2.05, 4.69) is 5.32 Å². The molecule has 10 heteroatoms. The zero-order valence-corrected chi connectivity index (χ0v) is 16.0. The lowest BCUT2D eigenvalue weighted by Gasteiger charge is -2.43.